The first-order chi connectivity index (χ1) is 20.5. The molecule has 1 saturated carbocycles. The van der Waals surface area contributed by atoms with Crippen LogP contribution in [0.4, 0.5) is 59.7 Å². The van der Waals surface area contributed by atoms with Crippen LogP contribution < -0.4 is 22.9 Å². The highest BCUT2D eigenvalue weighted by atomic mass is 19.2. The van der Waals surface area contributed by atoms with Crippen molar-refractivity contribution in [3.05, 3.63) is 109 Å². The molecule has 0 heterocycles. The van der Waals surface area contributed by atoms with E-state index in [0.29, 0.717) is 0 Å². The van der Waals surface area contributed by atoms with E-state index in [1.54, 1.807) is 0 Å². The van der Waals surface area contributed by atoms with Crippen molar-refractivity contribution in [1.82, 2.24) is 0 Å². The molecule has 0 saturated heterocycles. The first-order valence-corrected chi connectivity index (χ1v) is 11.4. The fourth-order valence-corrected chi connectivity index (χ4v) is 4.33. The average molecular weight is 628 g/mol. The molecule has 44 heavy (non-hydrogen) atoms. The van der Waals surface area contributed by atoms with Gasteiger partial charge < -0.3 is 22.9 Å². The molecule has 0 bridgehead atoms. The highest BCUT2D eigenvalue weighted by Crippen LogP contribution is 2.55. The molecule has 0 spiro atoms. The lowest BCUT2D eigenvalue weighted by atomic mass is 9.99. The van der Waals surface area contributed by atoms with Gasteiger partial charge in [0.05, 0.1) is 39.3 Å². The summed E-state index contributed by atoms with van der Waals surface area (Å²) in [6.45, 7) is 0.844. The zero-order chi connectivity index (χ0) is 33.3. The van der Waals surface area contributed by atoms with Gasteiger partial charge in [0.2, 0.25) is 0 Å². The summed E-state index contributed by atoms with van der Waals surface area (Å²) in [4.78, 5) is 0. The summed E-state index contributed by atoms with van der Waals surface area (Å²) in [6.07, 6.45) is 0. The van der Waals surface area contributed by atoms with E-state index in [4.69, 9.17) is 28.2 Å². The summed E-state index contributed by atoms with van der Waals surface area (Å²) >= 11 is 0. The molecule has 0 aliphatic heterocycles. The largest absolute Gasteiger partial charge is 0.398 e. The number of nitrogens with zero attached hydrogens (tertiary/aromatic N) is 2. The van der Waals surface area contributed by atoms with E-state index in [-0.39, 0.29) is 0 Å². The van der Waals surface area contributed by atoms with Crippen LogP contribution in [0.1, 0.15) is 27.8 Å². The monoisotopic (exact) mass is 628 g/mol. The van der Waals surface area contributed by atoms with Crippen LogP contribution in [0.2, 0.25) is 0 Å². The minimum Gasteiger partial charge on any atom is -0.398 e. The highest BCUT2D eigenvalue weighted by Gasteiger charge is 2.44. The van der Waals surface area contributed by atoms with Crippen LogP contribution in [0.3, 0.4) is 0 Å². The third-order valence-electron chi connectivity index (χ3n) is 6.65. The standard InChI is InChI=1S/C27H11F11N6/c1-4-13(28)8(16(31)21(36)24(4)41)5(2-39)7-9(25(42)11-17(32)14(29)6(3-40)15(30)18(11)33)10(7)26(43)12-19(34)22(37)27(44)23(38)20(12)35/h41-44H2,1H3/b7-5-,25-9?,26-10+. The third-order valence-corrected chi connectivity index (χ3v) is 6.65. The molecule has 0 radical (unpaired) electrons. The van der Waals surface area contributed by atoms with Crippen LogP contribution in [0.25, 0.3) is 17.0 Å². The molecule has 6 nitrogen and oxygen atoms in total. The lowest BCUT2D eigenvalue weighted by Crippen LogP contribution is -2.11. The lowest BCUT2D eigenvalue weighted by Gasteiger charge is -2.11. The van der Waals surface area contributed by atoms with Crippen LogP contribution >= 0.6 is 0 Å². The fraction of sp³-hybridized carbons (Fsp3) is 0.0370. The summed E-state index contributed by atoms with van der Waals surface area (Å²) < 4.78 is 161. The smallest absolute Gasteiger partial charge is 0.185 e. The topological polar surface area (TPSA) is 152 Å². The maximum Gasteiger partial charge on any atom is 0.185 e. The molecule has 0 unspecified atom stereocenters. The Balaban J connectivity index is 2.27. The lowest BCUT2D eigenvalue weighted by molar-refractivity contribution is 0.446. The number of anilines is 2. The number of allylic oxidation sites excluding steroid dienone is 4. The average Bonchev–Trinajstić information content (AvgIpc) is 3.73. The zero-order valence-corrected chi connectivity index (χ0v) is 21.4. The van der Waals surface area contributed by atoms with Gasteiger partial charge in [-0.2, -0.15) is 10.5 Å². The second kappa shape index (κ2) is 10.5. The van der Waals surface area contributed by atoms with Crippen LogP contribution in [0, 0.1) is 93.6 Å². The van der Waals surface area contributed by atoms with E-state index >= 15 is 4.39 Å². The van der Waals surface area contributed by atoms with E-state index in [0.717, 1.165) is 13.0 Å². The summed E-state index contributed by atoms with van der Waals surface area (Å²) in [5, 5.41) is 18.6. The number of nitriles is 2. The quantitative estimate of drug-likeness (QED) is 0.129. The van der Waals surface area contributed by atoms with Crippen molar-refractivity contribution < 1.29 is 48.3 Å². The predicted octanol–water partition coefficient (Wildman–Crippen LogP) is 5.59. The Bertz CT molecular complexity index is 1960. The van der Waals surface area contributed by atoms with Gasteiger partial charge >= 0.3 is 0 Å². The highest BCUT2D eigenvalue weighted by molar-refractivity contribution is 6.08. The molecule has 1 fully saturated rings. The number of nitrogen functional groups attached to an aromatic ring is 2. The van der Waals surface area contributed by atoms with Crippen molar-refractivity contribution >= 4 is 28.3 Å². The first-order valence-electron chi connectivity index (χ1n) is 11.4. The molecular formula is C27H11F11N6. The second-order valence-corrected chi connectivity index (χ2v) is 8.96. The van der Waals surface area contributed by atoms with E-state index in [9.17, 15) is 49.2 Å². The summed E-state index contributed by atoms with van der Waals surface area (Å²) in [5.74, 6) is -23.8. The molecule has 1 aliphatic carbocycles. The molecule has 0 aromatic heterocycles. The minimum absolute atomic E-state index is 0.766. The van der Waals surface area contributed by atoms with Crippen molar-refractivity contribution in [2.75, 3.05) is 11.5 Å². The summed E-state index contributed by atoms with van der Waals surface area (Å²) in [6, 6.07) is 2.07. The first kappa shape index (κ1) is 31.2. The van der Waals surface area contributed by atoms with Crippen molar-refractivity contribution in [1.29, 1.82) is 10.5 Å². The molecule has 0 atom stereocenters. The summed E-state index contributed by atoms with van der Waals surface area (Å²) in [7, 11) is 0. The molecule has 3 aromatic rings. The van der Waals surface area contributed by atoms with Gasteiger partial charge in [-0.05, 0) is 6.92 Å². The van der Waals surface area contributed by atoms with Gasteiger partial charge in [-0.15, -0.1) is 0 Å². The van der Waals surface area contributed by atoms with Gasteiger partial charge in [0.25, 0.3) is 0 Å². The van der Waals surface area contributed by atoms with Crippen molar-refractivity contribution in [3.8, 4) is 12.1 Å². The van der Waals surface area contributed by atoms with Crippen molar-refractivity contribution in [2.45, 2.75) is 6.92 Å². The molecule has 4 rings (SSSR count). The Kier molecular flexibility index (Phi) is 7.47. The Hall–Kier alpha value is -5.71. The minimum atomic E-state index is -2.32. The van der Waals surface area contributed by atoms with E-state index in [1.165, 1.54) is 6.07 Å². The molecule has 3 aromatic carbocycles. The molecule has 8 N–H and O–H groups in total. The predicted molar refractivity (Wildman–Crippen MR) is 132 cm³/mol. The summed E-state index contributed by atoms with van der Waals surface area (Å²) in [5.41, 5.74) is 4.02. The number of benzene rings is 3. The Morgan fingerprint density at radius 2 is 0.864 bits per heavy atom. The van der Waals surface area contributed by atoms with Gasteiger partial charge in [-0.25, -0.2) is 48.3 Å². The van der Waals surface area contributed by atoms with Crippen LogP contribution in [0.15, 0.2) is 16.7 Å². The number of hydrogen-bond donors (Lipinski definition) is 4. The van der Waals surface area contributed by atoms with Gasteiger partial charge in [-0.3, -0.25) is 0 Å². The third kappa shape index (κ3) is 4.16. The van der Waals surface area contributed by atoms with Gasteiger partial charge in [-0.1, -0.05) is 0 Å². The van der Waals surface area contributed by atoms with E-state index in [2.05, 4.69) is 0 Å². The zero-order valence-electron chi connectivity index (χ0n) is 21.4. The molecule has 0 amide bonds. The van der Waals surface area contributed by atoms with Crippen LogP contribution in [0.5, 0.6) is 0 Å². The second-order valence-electron chi connectivity index (χ2n) is 8.96. The molecule has 17 heteroatoms. The normalized spacial score (nSPS) is 16.0. The van der Waals surface area contributed by atoms with Gasteiger partial charge in [0.15, 0.2) is 58.2 Å². The number of hydrogen-bond acceptors (Lipinski definition) is 6. The number of nitrogens with two attached hydrogens (primary N) is 4. The van der Waals surface area contributed by atoms with E-state index < -0.39 is 137 Å². The Labute approximate surface area is 238 Å². The van der Waals surface area contributed by atoms with Gasteiger partial charge in [0.1, 0.15) is 29.2 Å². The van der Waals surface area contributed by atoms with Gasteiger partial charge in [0, 0.05) is 22.3 Å². The maximum absolute atomic E-state index is 15.2. The maximum atomic E-state index is 15.2. The van der Waals surface area contributed by atoms with Crippen LogP contribution in [-0.2, 0) is 0 Å². The number of rotatable bonds is 3. The van der Waals surface area contributed by atoms with E-state index in [1.807, 2.05) is 0 Å². The molecule has 1 aliphatic rings. The Morgan fingerprint density at radius 1 is 0.500 bits per heavy atom. The fourth-order valence-electron chi connectivity index (χ4n) is 4.33. The SMILES string of the molecule is Cc1c(N)c(F)c(F)c(/C(C#N)=C2/C(=C(N)c3c(F)c(F)c(C#N)c(F)c3F)/C2=C(/N)c2c(F)c(F)c(N)c(F)c2F)c1F. The van der Waals surface area contributed by atoms with Crippen molar-refractivity contribution in [2.24, 2.45) is 11.5 Å². The number of halogens is 11. The van der Waals surface area contributed by atoms with Crippen LogP contribution in [-0.4, -0.2) is 0 Å². The Morgan fingerprint density at radius 3 is 1.25 bits per heavy atom. The molecule has 226 valence electrons. The van der Waals surface area contributed by atoms with Crippen molar-refractivity contribution in [3.63, 3.8) is 0 Å². The molecular weight excluding hydrogens is 617 g/mol.